The van der Waals surface area contributed by atoms with E-state index in [1.165, 1.54) is 17.0 Å². The fourth-order valence-electron chi connectivity index (χ4n) is 1.92. The van der Waals surface area contributed by atoms with E-state index in [4.69, 9.17) is 16.3 Å². The molecular weight excluding hydrogens is 285 g/mol. The average molecular weight is 300 g/mol. The molecule has 108 valence electrons. The van der Waals surface area contributed by atoms with Crippen LogP contribution in [0.2, 0.25) is 5.02 Å². The number of hydrogen-bond donors (Lipinski definition) is 0. The Morgan fingerprint density at radius 1 is 1.45 bits per heavy atom. The minimum Gasteiger partial charge on any atom is -0.465 e. The number of rotatable bonds is 5. The van der Waals surface area contributed by atoms with Crippen LogP contribution < -0.4 is 0 Å². The summed E-state index contributed by atoms with van der Waals surface area (Å²) in [5.74, 6) is -1.67. The number of hydrogen-bond acceptors (Lipinski definition) is 3. The highest BCUT2D eigenvalue weighted by Crippen LogP contribution is 2.29. The van der Waals surface area contributed by atoms with Crippen molar-refractivity contribution in [3.8, 4) is 0 Å². The Labute approximate surface area is 121 Å². The number of halogens is 2. The van der Waals surface area contributed by atoms with E-state index in [1.807, 2.05) is 0 Å². The molecule has 0 saturated heterocycles. The van der Waals surface area contributed by atoms with Crippen LogP contribution in [0, 0.1) is 5.82 Å². The van der Waals surface area contributed by atoms with E-state index >= 15 is 0 Å². The summed E-state index contributed by atoms with van der Waals surface area (Å²) < 4.78 is 18.6. The molecule has 1 aliphatic rings. The Kier molecular flexibility index (Phi) is 4.60. The van der Waals surface area contributed by atoms with Crippen LogP contribution in [0.15, 0.2) is 18.2 Å². The number of carbonyl (C=O) groups is 2. The fourth-order valence-corrected chi connectivity index (χ4v) is 2.08. The first-order valence-electron chi connectivity index (χ1n) is 6.44. The van der Waals surface area contributed by atoms with Gasteiger partial charge in [-0.1, -0.05) is 11.6 Å². The summed E-state index contributed by atoms with van der Waals surface area (Å²) in [6.07, 6.45) is 1.64. The average Bonchev–Trinajstić information content (AvgIpc) is 3.20. The quantitative estimate of drug-likeness (QED) is 0.785. The van der Waals surface area contributed by atoms with Crippen LogP contribution in [0.5, 0.6) is 0 Å². The van der Waals surface area contributed by atoms with Crippen molar-refractivity contribution in [2.24, 2.45) is 0 Å². The monoisotopic (exact) mass is 299 g/mol. The maximum Gasteiger partial charge on any atom is 0.325 e. The second kappa shape index (κ2) is 6.22. The van der Waals surface area contributed by atoms with Crippen LogP contribution in [-0.2, 0) is 9.53 Å². The van der Waals surface area contributed by atoms with Crippen molar-refractivity contribution < 1.29 is 18.7 Å². The van der Waals surface area contributed by atoms with E-state index in [1.54, 1.807) is 6.92 Å². The molecular formula is C14H15ClFNO3. The summed E-state index contributed by atoms with van der Waals surface area (Å²) in [7, 11) is 0. The van der Waals surface area contributed by atoms with Crippen molar-refractivity contribution in [2.75, 3.05) is 13.2 Å². The summed E-state index contributed by atoms with van der Waals surface area (Å²) in [5, 5.41) is 0.224. The molecule has 0 atom stereocenters. The van der Waals surface area contributed by atoms with Gasteiger partial charge >= 0.3 is 5.97 Å². The highest BCUT2D eigenvalue weighted by Gasteiger charge is 2.35. The number of esters is 1. The van der Waals surface area contributed by atoms with Gasteiger partial charge in [0.1, 0.15) is 12.4 Å². The minimum absolute atomic E-state index is 0.0121. The summed E-state index contributed by atoms with van der Waals surface area (Å²) in [4.78, 5) is 25.2. The molecule has 1 aromatic carbocycles. The van der Waals surface area contributed by atoms with Gasteiger partial charge in [0.05, 0.1) is 12.2 Å². The molecule has 0 unspecified atom stereocenters. The molecule has 1 aliphatic carbocycles. The largest absolute Gasteiger partial charge is 0.465 e. The van der Waals surface area contributed by atoms with Crippen molar-refractivity contribution in [3.63, 3.8) is 0 Å². The molecule has 0 aliphatic heterocycles. The summed E-state index contributed by atoms with van der Waals surface area (Å²) >= 11 is 5.66. The lowest BCUT2D eigenvalue weighted by molar-refractivity contribution is -0.144. The third-order valence-electron chi connectivity index (χ3n) is 3.01. The van der Waals surface area contributed by atoms with E-state index < -0.39 is 17.7 Å². The zero-order valence-corrected chi connectivity index (χ0v) is 11.8. The zero-order valence-electron chi connectivity index (χ0n) is 11.1. The van der Waals surface area contributed by atoms with Crippen molar-refractivity contribution >= 4 is 23.5 Å². The van der Waals surface area contributed by atoms with E-state index in [0.29, 0.717) is 0 Å². The Morgan fingerprint density at radius 2 is 2.15 bits per heavy atom. The molecule has 1 aromatic rings. The Balaban J connectivity index is 2.16. The van der Waals surface area contributed by atoms with Gasteiger partial charge in [-0.3, -0.25) is 9.59 Å². The minimum atomic E-state index is -0.683. The van der Waals surface area contributed by atoms with Gasteiger partial charge in [0.15, 0.2) is 0 Å². The molecule has 0 heterocycles. The summed E-state index contributed by atoms with van der Waals surface area (Å²) in [6, 6.07) is 3.86. The first-order valence-corrected chi connectivity index (χ1v) is 6.82. The highest BCUT2D eigenvalue weighted by molar-refractivity contribution is 6.30. The third kappa shape index (κ3) is 3.48. The van der Waals surface area contributed by atoms with Crippen LogP contribution in [0.25, 0.3) is 0 Å². The number of nitrogens with zero attached hydrogens (tertiary/aromatic N) is 1. The predicted molar refractivity (Wildman–Crippen MR) is 72.1 cm³/mol. The van der Waals surface area contributed by atoms with Gasteiger partial charge < -0.3 is 9.64 Å². The molecule has 20 heavy (non-hydrogen) atoms. The standard InChI is InChI=1S/C14H15ClFNO3/c1-2-20-13(18)8-17(10-4-5-10)14(19)11-6-3-9(15)7-12(11)16/h3,6-7,10H,2,4-5,8H2,1H3. The van der Waals surface area contributed by atoms with E-state index in [0.717, 1.165) is 18.9 Å². The lowest BCUT2D eigenvalue weighted by atomic mass is 10.2. The maximum absolute atomic E-state index is 13.8. The fraction of sp³-hybridized carbons (Fsp3) is 0.429. The van der Waals surface area contributed by atoms with Gasteiger partial charge in [0.25, 0.3) is 5.91 Å². The SMILES string of the molecule is CCOC(=O)CN(C(=O)c1ccc(Cl)cc1F)C1CC1. The van der Waals surface area contributed by atoms with Gasteiger partial charge in [-0.05, 0) is 38.0 Å². The molecule has 0 aromatic heterocycles. The maximum atomic E-state index is 13.8. The van der Waals surface area contributed by atoms with Crippen molar-refractivity contribution in [2.45, 2.75) is 25.8 Å². The van der Waals surface area contributed by atoms with Crippen LogP contribution in [0.3, 0.4) is 0 Å². The summed E-state index contributed by atoms with van der Waals surface area (Å²) in [5.41, 5.74) is -0.0781. The molecule has 6 heteroatoms. The van der Waals surface area contributed by atoms with Crippen LogP contribution in [0.1, 0.15) is 30.1 Å². The molecule has 1 amide bonds. The van der Waals surface area contributed by atoms with Crippen LogP contribution >= 0.6 is 11.6 Å². The molecule has 0 N–H and O–H groups in total. The Morgan fingerprint density at radius 3 is 2.70 bits per heavy atom. The van der Waals surface area contributed by atoms with E-state index in [-0.39, 0.29) is 29.8 Å². The number of ether oxygens (including phenoxy) is 1. The third-order valence-corrected chi connectivity index (χ3v) is 3.25. The molecule has 4 nitrogen and oxygen atoms in total. The van der Waals surface area contributed by atoms with Crippen molar-refractivity contribution in [1.82, 2.24) is 4.90 Å². The van der Waals surface area contributed by atoms with Gasteiger partial charge in [0, 0.05) is 11.1 Å². The number of benzene rings is 1. The second-order valence-electron chi connectivity index (χ2n) is 4.59. The number of amides is 1. The number of carbonyl (C=O) groups excluding carboxylic acids is 2. The van der Waals surface area contributed by atoms with Crippen LogP contribution in [-0.4, -0.2) is 36.0 Å². The van der Waals surface area contributed by atoms with Crippen molar-refractivity contribution in [3.05, 3.63) is 34.6 Å². The first kappa shape index (κ1) is 14.8. The normalized spacial score (nSPS) is 13.9. The molecule has 1 fully saturated rings. The van der Waals surface area contributed by atoms with Gasteiger partial charge in [-0.15, -0.1) is 0 Å². The lowest BCUT2D eigenvalue weighted by Gasteiger charge is -2.21. The topological polar surface area (TPSA) is 46.6 Å². The molecule has 2 rings (SSSR count). The predicted octanol–water partition coefficient (Wildman–Crippen LogP) is 2.65. The molecule has 0 bridgehead atoms. The van der Waals surface area contributed by atoms with Gasteiger partial charge in [-0.2, -0.15) is 0 Å². The molecule has 0 spiro atoms. The van der Waals surface area contributed by atoms with Crippen LogP contribution in [0.4, 0.5) is 4.39 Å². The Bertz CT molecular complexity index is 531. The van der Waals surface area contributed by atoms with E-state index in [2.05, 4.69) is 0 Å². The first-order chi connectivity index (χ1) is 9.52. The zero-order chi connectivity index (χ0) is 14.7. The lowest BCUT2D eigenvalue weighted by Crippen LogP contribution is -2.38. The second-order valence-corrected chi connectivity index (χ2v) is 5.03. The summed E-state index contributed by atoms with van der Waals surface area (Å²) in [6.45, 7) is 1.79. The van der Waals surface area contributed by atoms with Gasteiger partial charge in [-0.25, -0.2) is 4.39 Å². The van der Waals surface area contributed by atoms with Gasteiger partial charge in [0.2, 0.25) is 0 Å². The smallest absolute Gasteiger partial charge is 0.325 e. The Hall–Kier alpha value is -1.62. The van der Waals surface area contributed by atoms with E-state index in [9.17, 15) is 14.0 Å². The molecule has 1 saturated carbocycles. The van der Waals surface area contributed by atoms with Crippen molar-refractivity contribution in [1.29, 1.82) is 0 Å². The highest BCUT2D eigenvalue weighted by atomic mass is 35.5. The molecule has 0 radical (unpaired) electrons.